The number of carbonyl (C=O) groups is 2. The third kappa shape index (κ3) is 1.68. The van der Waals surface area contributed by atoms with Crippen LogP contribution in [0.2, 0.25) is 0 Å². The van der Waals surface area contributed by atoms with Crippen molar-refractivity contribution >= 4 is 11.9 Å². The normalized spacial score (nSPS) is 26.4. The molecule has 2 aliphatic rings. The predicted molar refractivity (Wildman–Crippen MR) is 65.0 cm³/mol. The molecule has 0 saturated carbocycles. The number of hydrogen-bond donors (Lipinski definition) is 1. The number of hydrogen-bond acceptors (Lipinski definition) is 2. The number of nitrogens with zero attached hydrogens (tertiary/aromatic N) is 1. The van der Waals surface area contributed by atoms with E-state index in [1.807, 2.05) is 18.2 Å². The summed E-state index contributed by atoms with van der Waals surface area (Å²) in [5, 5.41) is 9.01. The van der Waals surface area contributed by atoms with Crippen molar-refractivity contribution in [3.8, 4) is 0 Å². The number of aliphatic carboxylic acids is 1. The lowest BCUT2D eigenvalue weighted by molar-refractivity contribution is -0.141. The molecule has 1 amide bonds. The van der Waals surface area contributed by atoms with Gasteiger partial charge in [0.1, 0.15) is 0 Å². The summed E-state index contributed by atoms with van der Waals surface area (Å²) in [6, 6.07) is 8.20. The van der Waals surface area contributed by atoms with E-state index in [9.17, 15) is 9.59 Å². The van der Waals surface area contributed by atoms with Gasteiger partial charge < -0.3 is 10.0 Å². The molecule has 0 spiro atoms. The Kier molecular flexibility index (Phi) is 2.58. The maximum absolute atomic E-state index is 11.9. The smallest absolute Gasteiger partial charge is 0.308 e. The zero-order valence-corrected chi connectivity index (χ0v) is 10.0. The maximum atomic E-state index is 11.9. The minimum atomic E-state index is -0.864. The number of carbonyl (C=O) groups excluding carboxylic acids is 1. The molecule has 0 bridgehead atoms. The van der Waals surface area contributed by atoms with E-state index in [1.54, 1.807) is 4.90 Å². The number of amides is 1. The molecule has 1 aliphatic heterocycles. The van der Waals surface area contributed by atoms with Crippen LogP contribution in [0.25, 0.3) is 0 Å². The Bertz CT molecular complexity index is 512. The zero-order chi connectivity index (χ0) is 12.7. The molecule has 1 aromatic carbocycles. The van der Waals surface area contributed by atoms with Gasteiger partial charge in [0.25, 0.3) is 0 Å². The number of benzene rings is 1. The van der Waals surface area contributed by atoms with Crippen molar-refractivity contribution in [3.05, 3.63) is 35.4 Å². The highest BCUT2D eigenvalue weighted by Gasteiger charge is 2.40. The summed E-state index contributed by atoms with van der Waals surface area (Å²) < 4.78 is 0. The first kappa shape index (κ1) is 11.3. The quantitative estimate of drug-likeness (QED) is 0.861. The first-order chi connectivity index (χ1) is 8.66. The first-order valence-corrected chi connectivity index (χ1v) is 6.27. The lowest BCUT2D eigenvalue weighted by atomic mass is 10.1. The molecule has 0 radical (unpaired) electrons. The van der Waals surface area contributed by atoms with Gasteiger partial charge in [-0.15, -0.1) is 0 Å². The number of fused-ring (bicyclic) bond motifs is 1. The molecule has 3 rings (SSSR count). The molecule has 1 saturated heterocycles. The van der Waals surface area contributed by atoms with Crippen molar-refractivity contribution in [1.82, 2.24) is 4.90 Å². The summed E-state index contributed by atoms with van der Waals surface area (Å²) in [6.07, 6.45) is 2.04. The molecular formula is C14H15NO3. The maximum Gasteiger partial charge on any atom is 0.308 e. The average molecular weight is 245 g/mol. The first-order valence-electron chi connectivity index (χ1n) is 6.27. The molecule has 0 unspecified atom stereocenters. The van der Waals surface area contributed by atoms with Crippen molar-refractivity contribution < 1.29 is 14.7 Å². The van der Waals surface area contributed by atoms with E-state index < -0.39 is 11.9 Å². The molecule has 0 aromatic heterocycles. The van der Waals surface area contributed by atoms with Crippen LogP contribution in [-0.2, 0) is 16.0 Å². The van der Waals surface area contributed by atoms with Gasteiger partial charge in [0.05, 0.1) is 12.0 Å². The van der Waals surface area contributed by atoms with Gasteiger partial charge in [-0.1, -0.05) is 24.3 Å². The SMILES string of the molecule is O=C(O)[C@H]1CC(=O)N([C@H]2CCc3ccccc32)C1. The molecular weight excluding hydrogens is 230 g/mol. The lowest BCUT2D eigenvalue weighted by Crippen LogP contribution is -2.29. The Morgan fingerprint density at radius 2 is 2.11 bits per heavy atom. The summed E-state index contributed by atoms with van der Waals surface area (Å²) in [5.41, 5.74) is 2.48. The van der Waals surface area contributed by atoms with Crippen LogP contribution in [0.5, 0.6) is 0 Å². The predicted octanol–water partition coefficient (Wildman–Crippen LogP) is 1.61. The molecule has 4 nitrogen and oxygen atoms in total. The number of aryl methyl sites for hydroxylation is 1. The van der Waals surface area contributed by atoms with Gasteiger partial charge in [0.2, 0.25) is 5.91 Å². The Morgan fingerprint density at radius 3 is 2.83 bits per heavy atom. The third-order valence-electron chi connectivity index (χ3n) is 3.99. The fourth-order valence-electron chi connectivity index (χ4n) is 3.06. The third-order valence-corrected chi connectivity index (χ3v) is 3.99. The minimum Gasteiger partial charge on any atom is -0.481 e. The molecule has 1 fully saturated rings. The molecule has 1 aromatic rings. The molecule has 94 valence electrons. The van der Waals surface area contributed by atoms with Gasteiger partial charge in [-0.2, -0.15) is 0 Å². The molecule has 1 heterocycles. The second-order valence-corrected chi connectivity index (χ2v) is 5.04. The second kappa shape index (κ2) is 4.12. The fourth-order valence-corrected chi connectivity index (χ4v) is 3.06. The number of likely N-dealkylation sites (tertiary alicyclic amines) is 1. The Labute approximate surface area is 105 Å². The summed E-state index contributed by atoms with van der Waals surface area (Å²) in [7, 11) is 0. The van der Waals surface area contributed by atoms with Gasteiger partial charge in [0.15, 0.2) is 0 Å². The fraction of sp³-hybridized carbons (Fsp3) is 0.429. The van der Waals surface area contributed by atoms with Crippen LogP contribution in [0.3, 0.4) is 0 Å². The molecule has 1 N–H and O–H groups in total. The summed E-state index contributed by atoms with van der Waals surface area (Å²) in [4.78, 5) is 24.7. The van der Waals surface area contributed by atoms with Crippen LogP contribution in [0, 0.1) is 5.92 Å². The molecule has 1 aliphatic carbocycles. The monoisotopic (exact) mass is 245 g/mol. The highest BCUT2D eigenvalue weighted by Crippen LogP contribution is 2.38. The van der Waals surface area contributed by atoms with Gasteiger partial charge in [-0.25, -0.2) is 0 Å². The van der Waals surface area contributed by atoms with E-state index in [1.165, 1.54) is 11.1 Å². The van der Waals surface area contributed by atoms with Crippen LogP contribution >= 0.6 is 0 Å². The van der Waals surface area contributed by atoms with Gasteiger partial charge >= 0.3 is 5.97 Å². The summed E-state index contributed by atoms with van der Waals surface area (Å²) >= 11 is 0. The average Bonchev–Trinajstić information content (AvgIpc) is 2.92. The topological polar surface area (TPSA) is 57.6 Å². The number of rotatable bonds is 2. The van der Waals surface area contributed by atoms with Crippen LogP contribution in [0.4, 0.5) is 0 Å². The van der Waals surface area contributed by atoms with Crippen LogP contribution in [-0.4, -0.2) is 28.4 Å². The van der Waals surface area contributed by atoms with Gasteiger partial charge in [0, 0.05) is 13.0 Å². The standard InChI is InChI=1S/C14H15NO3/c16-13-7-10(14(17)18)8-15(13)12-6-5-9-3-1-2-4-11(9)12/h1-4,10,12H,5-8H2,(H,17,18)/t10-,12-/m0/s1. The zero-order valence-electron chi connectivity index (χ0n) is 10.0. The van der Waals surface area contributed by atoms with Crippen LogP contribution < -0.4 is 0 Å². The Hall–Kier alpha value is -1.84. The van der Waals surface area contributed by atoms with Gasteiger partial charge in [-0.05, 0) is 24.0 Å². The van der Waals surface area contributed by atoms with E-state index in [0.717, 1.165) is 12.8 Å². The summed E-state index contributed by atoms with van der Waals surface area (Å²) in [6.45, 7) is 0.354. The van der Waals surface area contributed by atoms with Crippen molar-refractivity contribution in [3.63, 3.8) is 0 Å². The summed E-state index contributed by atoms with van der Waals surface area (Å²) in [5.74, 6) is -1.42. The highest BCUT2D eigenvalue weighted by atomic mass is 16.4. The van der Waals surface area contributed by atoms with Gasteiger partial charge in [-0.3, -0.25) is 9.59 Å². The van der Waals surface area contributed by atoms with Crippen LogP contribution in [0.1, 0.15) is 30.0 Å². The Morgan fingerprint density at radius 1 is 1.33 bits per heavy atom. The van der Waals surface area contributed by atoms with Crippen molar-refractivity contribution in [2.45, 2.75) is 25.3 Å². The van der Waals surface area contributed by atoms with Crippen molar-refractivity contribution in [2.75, 3.05) is 6.54 Å². The minimum absolute atomic E-state index is 0.0240. The molecule has 2 atom stereocenters. The molecule has 18 heavy (non-hydrogen) atoms. The number of carboxylic acids is 1. The van der Waals surface area contributed by atoms with E-state index in [-0.39, 0.29) is 18.4 Å². The Balaban J connectivity index is 1.85. The van der Waals surface area contributed by atoms with E-state index in [0.29, 0.717) is 6.54 Å². The number of carboxylic acid groups (broad SMARTS) is 1. The highest BCUT2D eigenvalue weighted by molar-refractivity contribution is 5.86. The van der Waals surface area contributed by atoms with Crippen molar-refractivity contribution in [2.24, 2.45) is 5.92 Å². The van der Waals surface area contributed by atoms with E-state index in [2.05, 4.69) is 6.07 Å². The van der Waals surface area contributed by atoms with Crippen LogP contribution in [0.15, 0.2) is 24.3 Å². The van der Waals surface area contributed by atoms with E-state index in [4.69, 9.17) is 5.11 Å². The second-order valence-electron chi connectivity index (χ2n) is 5.04. The van der Waals surface area contributed by atoms with E-state index >= 15 is 0 Å². The largest absolute Gasteiger partial charge is 0.481 e. The lowest BCUT2D eigenvalue weighted by Gasteiger charge is -2.25. The molecule has 4 heteroatoms. The van der Waals surface area contributed by atoms with Crippen molar-refractivity contribution in [1.29, 1.82) is 0 Å².